The van der Waals surface area contributed by atoms with Crippen molar-refractivity contribution in [3.8, 4) is 0 Å². The molecule has 1 spiro atoms. The van der Waals surface area contributed by atoms with Gasteiger partial charge in [-0.15, -0.1) is 0 Å². The van der Waals surface area contributed by atoms with Crippen LogP contribution >= 0.6 is 11.8 Å². The maximum absolute atomic E-state index is 12.4. The molecule has 1 atom stereocenters. The van der Waals surface area contributed by atoms with Crippen molar-refractivity contribution in [3.05, 3.63) is 0 Å². The molecular weight excluding hydrogens is 220 g/mol. The fourth-order valence-corrected chi connectivity index (χ4v) is 3.42. The van der Waals surface area contributed by atoms with Crippen LogP contribution in [0.2, 0.25) is 0 Å². The molecule has 0 bridgehead atoms. The van der Waals surface area contributed by atoms with Crippen molar-refractivity contribution in [2.45, 2.75) is 50.7 Å². The Bertz CT molecular complexity index is 264. The average Bonchev–Trinajstić information content (AvgIpc) is 2.80. The highest BCUT2D eigenvalue weighted by atomic mass is 32.2. The number of hydrogen-bond donors (Lipinski definition) is 1. The monoisotopic (exact) mass is 242 g/mol. The molecule has 16 heavy (non-hydrogen) atoms. The minimum absolute atomic E-state index is 0.182. The van der Waals surface area contributed by atoms with Gasteiger partial charge in [-0.2, -0.15) is 11.8 Å². The van der Waals surface area contributed by atoms with Gasteiger partial charge in [0, 0.05) is 6.54 Å². The largest absolute Gasteiger partial charge is 0.326 e. The summed E-state index contributed by atoms with van der Waals surface area (Å²) in [5.41, 5.74) is -0.182. The molecule has 0 aromatic rings. The summed E-state index contributed by atoms with van der Waals surface area (Å²) in [6.07, 6.45) is 7.92. The summed E-state index contributed by atoms with van der Waals surface area (Å²) in [4.78, 5) is 14.4. The minimum atomic E-state index is -0.182. The van der Waals surface area contributed by atoms with Crippen molar-refractivity contribution in [1.29, 1.82) is 0 Å². The van der Waals surface area contributed by atoms with Crippen LogP contribution in [0.25, 0.3) is 0 Å². The van der Waals surface area contributed by atoms with Gasteiger partial charge in [-0.05, 0) is 38.2 Å². The third-order valence-electron chi connectivity index (χ3n) is 3.83. The second-order valence-corrected chi connectivity index (χ2v) is 5.94. The lowest BCUT2D eigenvalue weighted by Crippen LogP contribution is -2.44. The molecule has 0 aromatic carbocycles. The molecule has 0 aromatic heterocycles. The number of hydrogen-bond acceptors (Lipinski definition) is 3. The van der Waals surface area contributed by atoms with E-state index in [4.69, 9.17) is 0 Å². The van der Waals surface area contributed by atoms with Crippen LogP contribution in [0.1, 0.15) is 39.0 Å². The first-order valence-corrected chi connectivity index (χ1v) is 7.67. The Labute approximate surface area is 102 Å². The normalized spacial score (nSPS) is 28.2. The van der Waals surface area contributed by atoms with Crippen LogP contribution in [-0.2, 0) is 4.79 Å². The van der Waals surface area contributed by atoms with E-state index in [0.717, 1.165) is 31.6 Å². The third kappa shape index (κ3) is 2.09. The summed E-state index contributed by atoms with van der Waals surface area (Å²) in [5, 5.41) is 3.53. The van der Waals surface area contributed by atoms with Gasteiger partial charge >= 0.3 is 0 Å². The summed E-state index contributed by atoms with van der Waals surface area (Å²) in [6, 6.07) is 0. The topological polar surface area (TPSA) is 32.3 Å². The van der Waals surface area contributed by atoms with Gasteiger partial charge in [0.15, 0.2) is 0 Å². The van der Waals surface area contributed by atoms with E-state index < -0.39 is 0 Å². The number of nitrogens with one attached hydrogen (secondary N) is 1. The first kappa shape index (κ1) is 12.2. The number of carbonyl (C=O) groups excluding carboxylic acids is 1. The Morgan fingerprint density at radius 3 is 2.81 bits per heavy atom. The summed E-state index contributed by atoms with van der Waals surface area (Å²) in [5.74, 6) is 1.50. The molecule has 3 nitrogen and oxygen atoms in total. The lowest BCUT2D eigenvalue weighted by atomic mass is 9.98. The van der Waals surface area contributed by atoms with Gasteiger partial charge in [0.1, 0.15) is 0 Å². The van der Waals surface area contributed by atoms with Crippen molar-refractivity contribution < 1.29 is 4.79 Å². The van der Waals surface area contributed by atoms with Gasteiger partial charge in [0.25, 0.3) is 0 Å². The fraction of sp³-hybridized carbons (Fsp3) is 0.917. The van der Waals surface area contributed by atoms with Crippen LogP contribution in [0.15, 0.2) is 0 Å². The first-order valence-electron chi connectivity index (χ1n) is 6.27. The van der Waals surface area contributed by atoms with Gasteiger partial charge in [0.2, 0.25) is 5.91 Å². The molecule has 1 saturated heterocycles. The Hall–Kier alpha value is -0.220. The molecule has 2 fully saturated rings. The maximum atomic E-state index is 12.4. The number of nitrogens with zero attached hydrogens (tertiary/aromatic N) is 1. The van der Waals surface area contributed by atoms with E-state index in [0.29, 0.717) is 5.91 Å². The van der Waals surface area contributed by atoms with Crippen molar-refractivity contribution >= 4 is 17.7 Å². The highest BCUT2D eigenvalue weighted by Gasteiger charge is 2.50. The van der Waals surface area contributed by atoms with Crippen LogP contribution in [0, 0.1) is 0 Å². The highest BCUT2D eigenvalue weighted by Crippen LogP contribution is 2.36. The minimum Gasteiger partial charge on any atom is -0.326 e. The maximum Gasteiger partial charge on any atom is 0.244 e. The molecule has 1 N–H and O–H groups in total. The van der Waals surface area contributed by atoms with E-state index in [2.05, 4.69) is 18.5 Å². The SMILES string of the molecule is CSCCCN1C(=O)C2(CCCC2)NC1C. The van der Waals surface area contributed by atoms with Crippen LogP contribution in [0.5, 0.6) is 0 Å². The molecule has 1 heterocycles. The lowest BCUT2D eigenvalue weighted by Gasteiger charge is -2.21. The smallest absolute Gasteiger partial charge is 0.244 e. The van der Waals surface area contributed by atoms with Gasteiger partial charge < -0.3 is 4.90 Å². The Morgan fingerprint density at radius 2 is 2.19 bits per heavy atom. The number of carbonyl (C=O) groups is 1. The highest BCUT2D eigenvalue weighted by molar-refractivity contribution is 7.98. The summed E-state index contributed by atoms with van der Waals surface area (Å²) < 4.78 is 0. The number of thioether (sulfide) groups is 1. The van der Waals surface area contributed by atoms with E-state index in [-0.39, 0.29) is 11.7 Å². The molecule has 1 amide bonds. The molecule has 0 radical (unpaired) electrons. The number of rotatable bonds is 4. The van der Waals surface area contributed by atoms with Crippen molar-refractivity contribution in [3.63, 3.8) is 0 Å². The van der Waals surface area contributed by atoms with E-state index in [1.54, 1.807) is 0 Å². The predicted molar refractivity (Wildman–Crippen MR) is 68.5 cm³/mol. The summed E-state index contributed by atoms with van der Waals surface area (Å²) in [6.45, 7) is 3.03. The van der Waals surface area contributed by atoms with Crippen LogP contribution in [-0.4, -0.2) is 41.1 Å². The van der Waals surface area contributed by atoms with Crippen LogP contribution in [0.3, 0.4) is 0 Å². The quantitative estimate of drug-likeness (QED) is 0.763. The zero-order valence-electron chi connectivity index (χ0n) is 10.3. The van der Waals surface area contributed by atoms with Crippen LogP contribution in [0.4, 0.5) is 0 Å². The Kier molecular flexibility index (Phi) is 3.80. The zero-order chi connectivity index (χ0) is 11.6. The molecule has 2 aliphatic rings. The van der Waals surface area contributed by atoms with E-state index >= 15 is 0 Å². The molecule has 1 unspecified atom stereocenters. The molecule has 4 heteroatoms. The summed E-state index contributed by atoms with van der Waals surface area (Å²) in [7, 11) is 0. The average molecular weight is 242 g/mol. The van der Waals surface area contributed by atoms with Crippen molar-refractivity contribution in [2.24, 2.45) is 0 Å². The standard InChI is InChI=1S/C12H22N2OS/c1-10-13-12(6-3-4-7-12)11(15)14(10)8-5-9-16-2/h10,13H,3-9H2,1-2H3. The Morgan fingerprint density at radius 1 is 1.50 bits per heavy atom. The lowest BCUT2D eigenvalue weighted by molar-refractivity contribution is -0.133. The zero-order valence-corrected chi connectivity index (χ0v) is 11.1. The molecule has 2 rings (SSSR count). The van der Waals surface area contributed by atoms with E-state index in [9.17, 15) is 4.79 Å². The van der Waals surface area contributed by atoms with Gasteiger partial charge in [-0.25, -0.2) is 0 Å². The molecular formula is C12H22N2OS. The van der Waals surface area contributed by atoms with Gasteiger partial charge in [-0.1, -0.05) is 12.8 Å². The van der Waals surface area contributed by atoms with Crippen LogP contribution < -0.4 is 5.32 Å². The molecule has 1 saturated carbocycles. The van der Waals surface area contributed by atoms with Gasteiger partial charge in [-0.3, -0.25) is 10.1 Å². The number of amides is 1. The second-order valence-electron chi connectivity index (χ2n) is 4.95. The molecule has 1 aliphatic heterocycles. The fourth-order valence-electron chi connectivity index (χ4n) is 3.00. The molecule has 92 valence electrons. The van der Waals surface area contributed by atoms with E-state index in [1.165, 1.54) is 12.8 Å². The first-order chi connectivity index (χ1) is 7.69. The summed E-state index contributed by atoms with van der Waals surface area (Å²) >= 11 is 1.85. The second kappa shape index (κ2) is 4.96. The Balaban J connectivity index is 1.96. The van der Waals surface area contributed by atoms with E-state index in [1.807, 2.05) is 16.7 Å². The molecule has 1 aliphatic carbocycles. The van der Waals surface area contributed by atoms with Crippen molar-refractivity contribution in [1.82, 2.24) is 10.2 Å². The predicted octanol–water partition coefficient (Wildman–Crippen LogP) is 1.83. The third-order valence-corrected chi connectivity index (χ3v) is 4.52. The van der Waals surface area contributed by atoms with Gasteiger partial charge in [0.05, 0.1) is 11.7 Å². The van der Waals surface area contributed by atoms with Crippen molar-refractivity contribution in [2.75, 3.05) is 18.6 Å².